The molecule has 29 heavy (non-hydrogen) atoms. The van der Waals surface area contributed by atoms with Crippen LogP contribution in [0.15, 0.2) is 36.4 Å². The molecule has 1 saturated heterocycles. The minimum Gasteiger partial charge on any atom is -0.493 e. The van der Waals surface area contributed by atoms with Gasteiger partial charge in [-0.2, -0.15) is 0 Å². The number of nitro groups is 1. The van der Waals surface area contributed by atoms with Crippen molar-refractivity contribution in [1.29, 1.82) is 0 Å². The molecule has 0 bridgehead atoms. The molecule has 0 saturated carbocycles. The van der Waals surface area contributed by atoms with Gasteiger partial charge in [-0.15, -0.1) is 0 Å². The summed E-state index contributed by atoms with van der Waals surface area (Å²) in [6.45, 7) is 0.915. The van der Waals surface area contributed by atoms with Gasteiger partial charge in [0.05, 0.1) is 26.3 Å². The fraction of sp³-hybridized carbons (Fsp3) is 0.350. The molecule has 9 heteroatoms. The summed E-state index contributed by atoms with van der Waals surface area (Å²) < 4.78 is 15.7. The lowest BCUT2D eigenvalue weighted by atomic mass is 10.1. The van der Waals surface area contributed by atoms with E-state index in [-0.39, 0.29) is 28.9 Å². The fourth-order valence-electron chi connectivity index (χ4n) is 3.49. The molecule has 2 aromatic carbocycles. The summed E-state index contributed by atoms with van der Waals surface area (Å²) in [5.74, 6) is -0.327. The summed E-state index contributed by atoms with van der Waals surface area (Å²) >= 11 is 0. The number of nitrogens with zero attached hydrogens (tertiary/aromatic N) is 2. The Kier molecular flexibility index (Phi) is 6.06. The Balaban J connectivity index is 1.89. The van der Waals surface area contributed by atoms with Crippen LogP contribution in [-0.2, 0) is 0 Å². The van der Waals surface area contributed by atoms with E-state index in [2.05, 4.69) is 5.32 Å². The van der Waals surface area contributed by atoms with Gasteiger partial charge < -0.3 is 24.4 Å². The van der Waals surface area contributed by atoms with E-state index in [1.54, 1.807) is 4.90 Å². The van der Waals surface area contributed by atoms with Crippen molar-refractivity contribution in [2.24, 2.45) is 0 Å². The Morgan fingerprint density at radius 3 is 2.41 bits per heavy atom. The maximum Gasteiger partial charge on any atom is 0.327 e. The molecule has 9 nitrogen and oxygen atoms in total. The maximum absolute atomic E-state index is 13.1. The molecule has 0 spiro atoms. The molecular weight excluding hydrogens is 378 g/mol. The topological polar surface area (TPSA) is 103 Å². The molecule has 2 aromatic rings. The molecule has 0 radical (unpaired) electrons. The predicted octanol–water partition coefficient (Wildman–Crippen LogP) is 2.95. The zero-order chi connectivity index (χ0) is 21.0. The number of hydrogen-bond acceptors (Lipinski definition) is 7. The predicted molar refractivity (Wildman–Crippen MR) is 107 cm³/mol. The van der Waals surface area contributed by atoms with Crippen LogP contribution in [0.2, 0.25) is 0 Å². The molecule has 1 amide bonds. The summed E-state index contributed by atoms with van der Waals surface area (Å²) in [5.41, 5.74) is 0.435. The number of carbonyl (C=O) groups is 1. The van der Waals surface area contributed by atoms with E-state index in [4.69, 9.17) is 14.2 Å². The monoisotopic (exact) mass is 401 g/mol. The molecule has 3 rings (SSSR count). The Bertz CT molecular complexity index is 903. The molecule has 1 unspecified atom stereocenters. The standard InChI is InChI=1S/C20H23N3O6/c1-27-16-11-15(17(23(25)26)19(29-3)18(16)28-2)20(24)22-10-9-14(12-22)21-13-7-5-4-6-8-13/h4-8,11,14,21H,9-10,12H2,1-3H3. The van der Waals surface area contributed by atoms with Crippen molar-refractivity contribution in [1.82, 2.24) is 4.90 Å². The number of para-hydroxylation sites is 1. The van der Waals surface area contributed by atoms with Crippen molar-refractivity contribution in [3.05, 3.63) is 52.1 Å². The lowest BCUT2D eigenvalue weighted by molar-refractivity contribution is -0.386. The molecule has 1 aliphatic rings. The highest BCUT2D eigenvalue weighted by molar-refractivity contribution is 6.01. The number of benzene rings is 2. The highest BCUT2D eigenvalue weighted by Crippen LogP contribution is 2.46. The second-order valence-corrected chi connectivity index (χ2v) is 6.55. The smallest absolute Gasteiger partial charge is 0.327 e. The average Bonchev–Trinajstić information content (AvgIpc) is 3.20. The zero-order valence-electron chi connectivity index (χ0n) is 16.5. The van der Waals surface area contributed by atoms with Crippen molar-refractivity contribution < 1.29 is 23.9 Å². The molecule has 0 aromatic heterocycles. The van der Waals surface area contributed by atoms with Gasteiger partial charge in [0, 0.05) is 30.9 Å². The zero-order valence-corrected chi connectivity index (χ0v) is 16.5. The van der Waals surface area contributed by atoms with Crippen molar-refractivity contribution in [3.8, 4) is 17.2 Å². The van der Waals surface area contributed by atoms with Gasteiger partial charge in [-0.25, -0.2) is 0 Å². The molecule has 0 aliphatic carbocycles. The van der Waals surface area contributed by atoms with Gasteiger partial charge in [-0.3, -0.25) is 14.9 Å². The lowest BCUT2D eigenvalue weighted by Crippen LogP contribution is -2.32. The molecule has 1 fully saturated rings. The van der Waals surface area contributed by atoms with E-state index in [1.807, 2.05) is 30.3 Å². The number of methoxy groups -OCH3 is 3. The van der Waals surface area contributed by atoms with Gasteiger partial charge in [0.1, 0.15) is 5.56 Å². The van der Waals surface area contributed by atoms with Crippen LogP contribution in [0.25, 0.3) is 0 Å². The third-order valence-electron chi connectivity index (χ3n) is 4.84. The van der Waals surface area contributed by atoms with E-state index in [9.17, 15) is 14.9 Å². The number of amides is 1. The largest absolute Gasteiger partial charge is 0.493 e. The third kappa shape index (κ3) is 4.03. The van der Waals surface area contributed by atoms with Crippen LogP contribution in [0.5, 0.6) is 17.2 Å². The molecule has 1 aliphatic heterocycles. The second kappa shape index (κ2) is 8.68. The molecule has 1 N–H and O–H groups in total. The quantitative estimate of drug-likeness (QED) is 0.562. The number of ether oxygens (including phenoxy) is 3. The lowest BCUT2D eigenvalue weighted by Gasteiger charge is -2.20. The number of rotatable bonds is 7. The number of likely N-dealkylation sites (tertiary alicyclic amines) is 1. The SMILES string of the molecule is COc1cc(C(=O)N2CCC(Nc3ccccc3)C2)c([N+](=O)[O-])c(OC)c1OC. The van der Waals surface area contributed by atoms with Crippen LogP contribution in [0.4, 0.5) is 11.4 Å². The fourth-order valence-corrected chi connectivity index (χ4v) is 3.49. The second-order valence-electron chi connectivity index (χ2n) is 6.55. The van der Waals surface area contributed by atoms with Crippen molar-refractivity contribution >= 4 is 17.3 Å². The molecule has 1 atom stereocenters. The van der Waals surface area contributed by atoms with Crippen LogP contribution in [0.3, 0.4) is 0 Å². The first-order valence-electron chi connectivity index (χ1n) is 9.08. The number of carbonyl (C=O) groups excluding carboxylic acids is 1. The van der Waals surface area contributed by atoms with Gasteiger partial charge in [0.2, 0.25) is 11.5 Å². The number of hydrogen-bond donors (Lipinski definition) is 1. The van der Waals surface area contributed by atoms with Gasteiger partial charge in [-0.05, 0) is 18.6 Å². The highest BCUT2D eigenvalue weighted by atomic mass is 16.6. The van der Waals surface area contributed by atoms with E-state index < -0.39 is 16.5 Å². The summed E-state index contributed by atoms with van der Waals surface area (Å²) in [4.78, 5) is 25.8. The van der Waals surface area contributed by atoms with E-state index in [1.165, 1.54) is 27.4 Å². The maximum atomic E-state index is 13.1. The van der Waals surface area contributed by atoms with Crippen molar-refractivity contribution in [3.63, 3.8) is 0 Å². The Hall–Kier alpha value is -3.49. The first-order valence-corrected chi connectivity index (χ1v) is 9.08. The Morgan fingerprint density at radius 1 is 1.14 bits per heavy atom. The summed E-state index contributed by atoms with van der Waals surface area (Å²) in [6.07, 6.45) is 0.735. The highest BCUT2D eigenvalue weighted by Gasteiger charge is 2.36. The van der Waals surface area contributed by atoms with Gasteiger partial charge in [-0.1, -0.05) is 18.2 Å². The molecule has 154 valence electrons. The first-order chi connectivity index (χ1) is 14.0. The van der Waals surface area contributed by atoms with Gasteiger partial charge >= 0.3 is 5.69 Å². The van der Waals surface area contributed by atoms with Gasteiger partial charge in [0.15, 0.2) is 5.75 Å². The number of anilines is 1. The summed E-state index contributed by atoms with van der Waals surface area (Å²) in [7, 11) is 4.03. The first kappa shape index (κ1) is 20.2. The van der Waals surface area contributed by atoms with Crippen molar-refractivity contribution in [2.75, 3.05) is 39.7 Å². The Labute approximate surface area is 168 Å². The number of nitrogens with one attached hydrogen (secondary N) is 1. The van der Waals surface area contributed by atoms with E-state index in [0.717, 1.165) is 12.1 Å². The summed E-state index contributed by atoms with van der Waals surface area (Å²) in [6, 6.07) is 11.1. The van der Waals surface area contributed by atoms with Crippen LogP contribution in [0.1, 0.15) is 16.8 Å². The third-order valence-corrected chi connectivity index (χ3v) is 4.84. The van der Waals surface area contributed by atoms with Gasteiger partial charge in [0.25, 0.3) is 5.91 Å². The van der Waals surface area contributed by atoms with Crippen LogP contribution in [-0.4, -0.2) is 56.2 Å². The molecular formula is C20H23N3O6. The minimum absolute atomic E-state index is 0.0578. The normalized spacial score (nSPS) is 15.7. The average molecular weight is 401 g/mol. The minimum atomic E-state index is -0.635. The van der Waals surface area contributed by atoms with Crippen LogP contribution in [0, 0.1) is 10.1 Å². The Morgan fingerprint density at radius 2 is 1.83 bits per heavy atom. The van der Waals surface area contributed by atoms with Crippen LogP contribution >= 0.6 is 0 Å². The molecule has 1 heterocycles. The van der Waals surface area contributed by atoms with E-state index >= 15 is 0 Å². The number of nitro benzene ring substituents is 1. The van der Waals surface area contributed by atoms with Crippen molar-refractivity contribution in [2.45, 2.75) is 12.5 Å². The van der Waals surface area contributed by atoms with E-state index in [0.29, 0.717) is 13.1 Å². The summed E-state index contributed by atoms with van der Waals surface area (Å²) in [5, 5.41) is 15.1. The van der Waals surface area contributed by atoms with Crippen LogP contribution < -0.4 is 19.5 Å².